The molecular weight excluding hydrogens is 269 g/mol. The normalized spacial score (nSPS) is 9.89. The van der Waals surface area contributed by atoms with Gasteiger partial charge in [-0.2, -0.15) is 5.26 Å². The van der Waals surface area contributed by atoms with Crippen LogP contribution >= 0.6 is 11.3 Å². The van der Waals surface area contributed by atoms with E-state index < -0.39 is 10.7 Å². The lowest BCUT2D eigenvalue weighted by atomic mass is 10.2. The Labute approximate surface area is 112 Å². The van der Waals surface area contributed by atoms with E-state index in [2.05, 4.69) is 5.32 Å². The first-order valence-electron chi connectivity index (χ1n) is 5.25. The van der Waals surface area contributed by atoms with E-state index in [9.17, 15) is 14.5 Å². The van der Waals surface area contributed by atoms with Gasteiger partial charge in [-0.25, -0.2) is 4.39 Å². The Bertz CT molecular complexity index is 663. The van der Waals surface area contributed by atoms with Crippen molar-refractivity contribution in [1.82, 2.24) is 0 Å². The van der Waals surface area contributed by atoms with Crippen LogP contribution in [0.4, 0.5) is 15.1 Å². The van der Waals surface area contributed by atoms with Gasteiger partial charge in [0.1, 0.15) is 5.82 Å². The molecule has 0 radical (unpaired) electrons. The highest BCUT2D eigenvalue weighted by Gasteiger charge is 2.10. The van der Waals surface area contributed by atoms with Crippen LogP contribution in [0.1, 0.15) is 11.1 Å². The van der Waals surface area contributed by atoms with Crippen molar-refractivity contribution in [2.24, 2.45) is 0 Å². The molecule has 2 rings (SSSR count). The van der Waals surface area contributed by atoms with Gasteiger partial charge in [-0.05, 0) is 23.8 Å². The van der Waals surface area contributed by atoms with Crippen molar-refractivity contribution in [2.75, 3.05) is 5.32 Å². The van der Waals surface area contributed by atoms with E-state index in [4.69, 9.17) is 5.26 Å². The number of anilines is 1. The minimum Gasteiger partial charge on any atom is -0.379 e. The average molecular weight is 277 g/mol. The molecule has 96 valence electrons. The molecule has 0 spiro atoms. The summed E-state index contributed by atoms with van der Waals surface area (Å²) in [5.41, 5.74) is 1.21. The molecule has 1 aromatic carbocycles. The van der Waals surface area contributed by atoms with E-state index >= 15 is 0 Å². The first kappa shape index (κ1) is 13.0. The first-order valence-corrected chi connectivity index (χ1v) is 6.13. The summed E-state index contributed by atoms with van der Waals surface area (Å²) in [6, 6.07) is 7.39. The Hall–Kier alpha value is -2.46. The van der Waals surface area contributed by atoms with Crippen LogP contribution < -0.4 is 5.32 Å². The number of nitrogens with one attached hydrogen (secondary N) is 1. The van der Waals surface area contributed by atoms with Crippen LogP contribution in [0, 0.1) is 27.3 Å². The van der Waals surface area contributed by atoms with E-state index in [1.807, 2.05) is 6.07 Å². The fourth-order valence-electron chi connectivity index (χ4n) is 1.48. The van der Waals surface area contributed by atoms with Gasteiger partial charge in [0.05, 0.1) is 22.2 Å². The molecule has 2 aromatic rings. The molecule has 0 saturated carbocycles. The summed E-state index contributed by atoms with van der Waals surface area (Å²) in [5, 5.41) is 23.7. The molecule has 7 heteroatoms. The Morgan fingerprint density at radius 3 is 2.84 bits per heavy atom. The van der Waals surface area contributed by atoms with E-state index in [0.29, 0.717) is 5.56 Å². The number of thiophene rings is 1. The molecule has 0 unspecified atom stereocenters. The first-order chi connectivity index (χ1) is 9.10. The number of halogens is 1. The molecule has 0 fully saturated rings. The summed E-state index contributed by atoms with van der Waals surface area (Å²) < 4.78 is 13.6. The van der Waals surface area contributed by atoms with Crippen molar-refractivity contribution in [3.05, 3.63) is 56.7 Å². The van der Waals surface area contributed by atoms with E-state index in [1.54, 1.807) is 5.38 Å². The van der Waals surface area contributed by atoms with Gasteiger partial charge in [-0.15, -0.1) is 0 Å². The molecule has 0 atom stereocenters. The molecule has 1 aromatic heterocycles. The Kier molecular flexibility index (Phi) is 3.73. The van der Waals surface area contributed by atoms with Crippen LogP contribution in [0.15, 0.2) is 29.6 Å². The van der Waals surface area contributed by atoms with Gasteiger partial charge < -0.3 is 5.32 Å². The second-order valence-corrected chi connectivity index (χ2v) is 4.60. The maximum absolute atomic E-state index is 13.6. The van der Waals surface area contributed by atoms with Gasteiger partial charge in [-0.1, -0.05) is 11.3 Å². The fourth-order valence-corrected chi connectivity index (χ4v) is 2.21. The summed E-state index contributed by atoms with van der Waals surface area (Å²) in [7, 11) is 0. The van der Waals surface area contributed by atoms with Crippen molar-refractivity contribution >= 4 is 22.0 Å². The quantitative estimate of drug-likeness (QED) is 0.687. The second-order valence-electron chi connectivity index (χ2n) is 3.71. The van der Waals surface area contributed by atoms with Crippen LogP contribution in [0.25, 0.3) is 0 Å². The van der Waals surface area contributed by atoms with Gasteiger partial charge >= 0.3 is 5.00 Å². The average Bonchev–Trinajstić information content (AvgIpc) is 2.86. The summed E-state index contributed by atoms with van der Waals surface area (Å²) in [6.07, 6.45) is 0. The van der Waals surface area contributed by atoms with Crippen LogP contribution in [-0.2, 0) is 6.54 Å². The van der Waals surface area contributed by atoms with Gasteiger partial charge in [-0.3, -0.25) is 10.1 Å². The Morgan fingerprint density at radius 1 is 1.47 bits per heavy atom. The lowest BCUT2D eigenvalue weighted by molar-refractivity contribution is -0.380. The molecule has 0 amide bonds. The lowest BCUT2D eigenvalue weighted by Gasteiger charge is -2.06. The van der Waals surface area contributed by atoms with Gasteiger partial charge in [0, 0.05) is 18.0 Å². The predicted octanol–water partition coefficient (Wildman–Crippen LogP) is 3.28. The highest BCUT2D eigenvalue weighted by molar-refractivity contribution is 7.13. The van der Waals surface area contributed by atoms with Gasteiger partial charge in [0.2, 0.25) is 0 Å². The molecule has 0 aliphatic carbocycles. The largest absolute Gasteiger partial charge is 0.379 e. The van der Waals surface area contributed by atoms with Gasteiger partial charge in [0.25, 0.3) is 0 Å². The highest BCUT2D eigenvalue weighted by Crippen LogP contribution is 2.24. The van der Waals surface area contributed by atoms with Crippen LogP contribution in [-0.4, -0.2) is 4.92 Å². The molecule has 0 aliphatic heterocycles. The minimum absolute atomic E-state index is 0.0529. The smallest absolute Gasteiger partial charge is 0.324 e. The zero-order valence-corrected chi connectivity index (χ0v) is 10.4. The number of nitrogens with zero attached hydrogens (tertiary/aromatic N) is 2. The minimum atomic E-state index is -0.524. The zero-order chi connectivity index (χ0) is 13.8. The predicted molar refractivity (Wildman–Crippen MR) is 69.4 cm³/mol. The third kappa shape index (κ3) is 3.05. The Balaban J connectivity index is 2.06. The third-order valence-electron chi connectivity index (χ3n) is 2.40. The zero-order valence-electron chi connectivity index (χ0n) is 9.59. The topological polar surface area (TPSA) is 79.0 Å². The molecule has 0 bridgehead atoms. The highest BCUT2D eigenvalue weighted by atomic mass is 32.1. The molecule has 0 saturated heterocycles. The number of nitro groups is 1. The Morgan fingerprint density at radius 2 is 2.26 bits per heavy atom. The monoisotopic (exact) mass is 277 g/mol. The van der Waals surface area contributed by atoms with E-state index in [-0.39, 0.29) is 22.8 Å². The number of hydrogen-bond acceptors (Lipinski definition) is 5. The molecule has 1 N–H and O–H groups in total. The van der Waals surface area contributed by atoms with Crippen LogP contribution in [0.2, 0.25) is 0 Å². The van der Waals surface area contributed by atoms with E-state index in [0.717, 1.165) is 17.4 Å². The number of hydrogen-bond donors (Lipinski definition) is 1. The number of rotatable bonds is 4. The molecule has 19 heavy (non-hydrogen) atoms. The maximum atomic E-state index is 13.6. The van der Waals surface area contributed by atoms with E-state index in [1.165, 1.54) is 18.2 Å². The fraction of sp³-hybridized carbons (Fsp3) is 0.0833. The SMILES string of the molecule is N#Cc1ccc(NCc2csc([N+](=O)[O-])c2)c(F)c1. The van der Waals surface area contributed by atoms with Crippen molar-refractivity contribution in [3.63, 3.8) is 0 Å². The molecule has 0 aliphatic rings. The standard InChI is InChI=1S/C12H8FN3O2S/c13-10-3-8(5-14)1-2-11(10)15-6-9-4-12(16(17)18)19-7-9/h1-4,7,15H,6H2. The van der Waals surface area contributed by atoms with Crippen molar-refractivity contribution < 1.29 is 9.31 Å². The van der Waals surface area contributed by atoms with Crippen molar-refractivity contribution in [1.29, 1.82) is 5.26 Å². The maximum Gasteiger partial charge on any atom is 0.324 e. The summed E-state index contributed by atoms with van der Waals surface area (Å²) >= 11 is 1.03. The summed E-state index contributed by atoms with van der Waals surface area (Å²) in [5.74, 6) is -0.524. The molecular formula is C12H8FN3O2S. The molecule has 1 heterocycles. The summed E-state index contributed by atoms with van der Waals surface area (Å²) in [6.45, 7) is 0.285. The van der Waals surface area contributed by atoms with Gasteiger partial charge in [0.15, 0.2) is 0 Å². The number of nitriles is 1. The van der Waals surface area contributed by atoms with Crippen LogP contribution in [0.5, 0.6) is 0 Å². The molecule has 5 nitrogen and oxygen atoms in total. The second kappa shape index (κ2) is 5.46. The third-order valence-corrected chi connectivity index (χ3v) is 3.33. The van der Waals surface area contributed by atoms with Crippen molar-refractivity contribution in [2.45, 2.75) is 6.54 Å². The number of benzene rings is 1. The van der Waals surface area contributed by atoms with Crippen molar-refractivity contribution in [3.8, 4) is 6.07 Å². The van der Waals surface area contributed by atoms with Crippen LogP contribution in [0.3, 0.4) is 0 Å². The summed E-state index contributed by atoms with van der Waals surface area (Å²) in [4.78, 5) is 10.1. The lowest BCUT2D eigenvalue weighted by Crippen LogP contribution is -2.00.